The Balaban J connectivity index is 1.32. The van der Waals surface area contributed by atoms with Crippen molar-refractivity contribution in [3.05, 3.63) is 60.8 Å². The second kappa shape index (κ2) is 7.61. The molecule has 0 aliphatic carbocycles. The van der Waals surface area contributed by atoms with E-state index in [1.54, 1.807) is 23.5 Å². The molecule has 7 heteroatoms. The molecule has 26 heavy (non-hydrogen) atoms. The van der Waals surface area contributed by atoms with Crippen molar-refractivity contribution in [2.45, 2.75) is 31.8 Å². The molecule has 1 aromatic carbocycles. The summed E-state index contributed by atoms with van der Waals surface area (Å²) in [4.78, 5) is 6.30. The molecule has 0 bridgehead atoms. The van der Waals surface area contributed by atoms with E-state index in [1.165, 1.54) is 5.56 Å². The number of anilines is 1. The molecule has 1 saturated heterocycles. The molecule has 1 fully saturated rings. The minimum Gasteiger partial charge on any atom is -0.355 e. The third kappa shape index (κ3) is 3.72. The lowest BCUT2D eigenvalue weighted by molar-refractivity contribution is 0.379. The van der Waals surface area contributed by atoms with Gasteiger partial charge in [0.05, 0.1) is 5.69 Å². The fourth-order valence-corrected chi connectivity index (χ4v) is 3.44. The number of nitrogens with one attached hydrogen (secondary N) is 1. The second-order valence-corrected chi connectivity index (χ2v) is 6.66. The summed E-state index contributed by atoms with van der Waals surface area (Å²) < 4.78 is 1.77. The highest BCUT2D eigenvalue weighted by molar-refractivity contribution is 5.37. The normalized spacial score (nSPS) is 16.6. The summed E-state index contributed by atoms with van der Waals surface area (Å²) in [6.07, 6.45) is 7.19. The first-order valence-electron chi connectivity index (χ1n) is 9.03. The molecule has 0 spiro atoms. The van der Waals surface area contributed by atoms with Gasteiger partial charge in [-0.1, -0.05) is 12.1 Å². The summed E-state index contributed by atoms with van der Waals surface area (Å²) in [7, 11) is 0. The van der Waals surface area contributed by atoms with Crippen LogP contribution in [-0.4, -0.2) is 44.1 Å². The molecule has 1 aliphatic rings. The number of aromatic nitrogens is 5. The molecule has 0 amide bonds. The molecular formula is C19H23N7. The highest BCUT2D eigenvalue weighted by Crippen LogP contribution is 2.21. The Kier molecular flexibility index (Phi) is 4.88. The summed E-state index contributed by atoms with van der Waals surface area (Å²) >= 11 is 0. The molecule has 7 nitrogen and oxygen atoms in total. The summed E-state index contributed by atoms with van der Waals surface area (Å²) in [5.74, 6) is 0.975. The van der Waals surface area contributed by atoms with Crippen molar-refractivity contribution in [3.63, 3.8) is 0 Å². The van der Waals surface area contributed by atoms with Crippen LogP contribution in [0.15, 0.2) is 55.2 Å². The van der Waals surface area contributed by atoms with E-state index in [0.29, 0.717) is 12.1 Å². The number of benzene rings is 1. The molecule has 3 heterocycles. The van der Waals surface area contributed by atoms with E-state index >= 15 is 0 Å². The summed E-state index contributed by atoms with van der Waals surface area (Å²) in [5.41, 5.74) is 2.31. The van der Waals surface area contributed by atoms with Gasteiger partial charge in [-0.2, -0.15) is 10.2 Å². The molecular weight excluding hydrogens is 326 g/mol. The van der Waals surface area contributed by atoms with Crippen molar-refractivity contribution in [1.82, 2.24) is 30.3 Å². The van der Waals surface area contributed by atoms with E-state index in [0.717, 1.165) is 37.4 Å². The van der Waals surface area contributed by atoms with E-state index in [-0.39, 0.29) is 0 Å². The van der Waals surface area contributed by atoms with E-state index in [1.807, 2.05) is 12.1 Å². The first kappa shape index (κ1) is 16.7. The fourth-order valence-electron chi connectivity index (χ4n) is 3.44. The number of nitrogens with zero attached hydrogens (tertiary/aromatic N) is 6. The molecule has 1 unspecified atom stereocenters. The average Bonchev–Trinajstić information content (AvgIpc) is 3.24. The Labute approximate surface area is 153 Å². The maximum Gasteiger partial charge on any atom is 0.151 e. The SMILES string of the molecule is CC(NC1CCN(c2cccnn2)CC1)c1ccc(-n2cncn2)cc1. The van der Waals surface area contributed by atoms with Crippen molar-refractivity contribution in [2.24, 2.45) is 0 Å². The number of rotatable bonds is 5. The Bertz CT molecular complexity index is 794. The van der Waals surface area contributed by atoms with Crippen LogP contribution in [0.5, 0.6) is 0 Å². The Hall–Kier alpha value is -2.80. The third-order valence-corrected chi connectivity index (χ3v) is 4.94. The summed E-state index contributed by atoms with van der Waals surface area (Å²) in [6.45, 7) is 4.24. The van der Waals surface area contributed by atoms with Gasteiger partial charge in [0.25, 0.3) is 0 Å². The van der Waals surface area contributed by atoms with E-state index in [4.69, 9.17) is 0 Å². The van der Waals surface area contributed by atoms with E-state index < -0.39 is 0 Å². The predicted molar refractivity (Wildman–Crippen MR) is 100 cm³/mol. The van der Waals surface area contributed by atoms with Crippen LogP contribution in [0.4, 0.5) is 5.82 Å². The summed E-state index contributed by atoms with van der Waals surface area (Å²) in [5, 5.41) is 16.1. The van der Waals surface area contributed by atoms with Crippen molar-refractivity contribution < 1.29 is 0 Å². The van der Waals surface area contributed by atoms with E-state index in [9.17, 15) is 0 Å². The van der Waals surface area contributed by atoms with Gasteiger partial charge in [-0.25, -0.2) is 9.67 Å². The molecule has 0 saturated carbocycles. The van der Waals surface area contributed by atoms with E-state index in [2.05, 4.69) is 61.7 Å². The van der Waals surface area contributed by atoms with Crippen LogP contribution in [0.3, 0.4) is 0 Å². The zero-order chi connectivity index (χ0) is 17.8. The molecule has 3 aromatic rings. The predicted octanol–water partition coefficient (Wildman–Crippen LogP) is 2.38. The number of piperidine rings is 1. The van der Waals surface area contributed by atoms with Crippen LogP contribution in [0, 0.1) is 0 Å². The lowest BCUT2D eigenvalue weighted by Crippen LogP contribution is -2.43. The lowest BCUT2D eigenvalue weighted by atomic mass is 10.0. The maximum absolute atomic E-state index is 4.21. The average molecular weight is 349 g/mol. The van der Waals surface area contributed by atoms with Crippen LogP contribution in [0.2, 0.25) is 0 Å². The molecule has 1 N–H and O–H groups in total. The Morgan fingerprint density at radius 1 is 1.12 bits per heavy atom. The number of hydrogen-bond donors (Lipinski definition) is 1. The molecule has 4 rings (SSSR count). The maximum atomic E-state index is 4.21. The van der Waals surface area contributed by atoms with Crippen molar-refractivity contribution in [1.29, 1.82) is 0 Å². The zero-order valence-corrected chi connectivity index (χ0v) is 14.9. The first-order valence-corrected chi connectivity index (χ1v) is 9.03. The van der Waals surface area contributed by atoms with Gasteiger partial charge in [0.2, 0.25) is 0 Å². The van der Waals surface area contributed by atoms with Crippen LogP contribution in [-0.2, 0) is 0 Å². The third-order valence-electron chi connectivity index (χ3n) is 4.94. The van der Waals surface area contributed by atoms with Gasteiger partial charge in [-0.05, 0) is 49.6 Å². The smallest absolute Gasteiger partial charge is 0.151 e. The van der Waals surface area contributed by atoms with Crippen molar-refractivity contribution in [2.75, 3.05) is 18.0 Å². The quantitative estimate of drug-likeness (QED) is 0.762. The van der Waals surface area contributed by atoms with Crippen LogP contribution in [0.25, 0.3) is 5.69 Å². The van der Waals surface area contributed by atoms with Gasteiger partial charge >= 0.3 is 0 Å². The van der Waals surface area contributed by atoms with Gasteiger partial charge in [0.1, 0.15) is 12.7 Å². The molecule has 0 radical (unpaired) electrons. The van der Waals surface area contributed by atoms with Gasteiger partial charge in [0.15, 0.2) is 5.82 Å². The van der Waals surface area contributed by atoms with Crippen LogP contribution in [0.1, 0.15) is 31.4 Å². The summed E-state index contributed by atoms with van der Waals surface area (Å²) in [6, 6.07) is 13.3. The Morgan fingerprint density at radius 2 is 1.92 bits per heavy atom. The topological polar surface area (TPSA) is 71.8 Å². The zero-order valence-electron chi connectivity index (χ0n) is 14.9. The largest absolute Gasteiger partial charge is 0.355 e. The van der Waals surface area contributed by atoms with Crippen LogP contribution >= 0.6 is 0 Å². The highest BCUT2D eigenvalue weighted by atomic mass is 15.3. The molecule has 2 aromatic heterocycles. The Morgan fingerprint density at radius 3 is 2.58 bits per heavy atom. The molecule has 134 valence electrons. The van der Waals surface area contributed by atoms with Gasteiger partial charge in [-0.15, -0.1) is 5.10 Å². The van der Waals surface area contributed by atoms with Gasteiger partial charge in [0, 0.05) is 31.4 Å². The minimum atomic E-state index is 0.313. The standard InChI is InChI=1S/C19H23N7/c1-15(16-4-6-18(7-5-16)26-14-20-13-22-26)23-17-8-11-25(12-9-17)19-3-2-10-21-24-19/h2-7,10,13-15,17,23H,8-9,11-12H2,1H3. The van der Waals surface area contributed by atoms with Gasteiger partial charge in [-0.3, -0.25) is 0 Å². The van der Waals surface area contributed by atoms with Crippen molar-refractivity contribution in [3.8, 4) is 5.69 Å². The lowest BCUT2D eigenvalue weighted by Gasteiger charge is -2.34. The number of hydrogen-bond acceptors (Lipinski definition) is 6. The molecule has 1 aliphatic heterocycles. The van der Waals surface area contributed by atoms with Gasteiger partial charge < -0.3 is 10.2 Å². The highest BCUT2D eigenvalue weighted by Gasteiger charge is 2.21. The fraction of sp³-hybridized carbons (Fsp3) is 0.368. The monoisotopic (exact) mass is 349 g/mol. The minimum absolute atomic E-state index is 0.313. The van der Waals surface area contributed by atoms with Crippen LogP contribution < -0.4 is 10.2 Å². The molecule has 1 atom stereocenters. The first-order chi connectivity index (χ1) is 12.8. The second-order valence-electron chi connectivity index (χ2n) is 6.66. The van der Waals surface area contributed by atoms with Crippen molar-refractivity contribution >= 4 is 5.82 Å².